The SMILES string of the molecule is CCCCCCCC/C=C/CCCCCCCCCCCCC(O)(CO)C(O)C(C)=O. The Labute approximate surface area is 192 Å². The zero-order valence-electron chi connectivity index (χ0n) is 20.6. The van der Waals surface area contributed by atoms with E-state index in [-0.39, 0.29) is 6.42 Å². The van der Waals surface area contributed by atoms with Crippen LogP contribution < -0.4 is 0 Å². The summed E-state index contributed by atoms with van der Waals surface area (Å²) in [4.78, 5) is 11.2. The van der Waals surface area contributed by atoms with Gasteiger partial charge >= 0.3 is 0 Å². The second-order valence-corrected chi connectivity index (χ2v) is 9.38. The first-order valence-corrected chi connectivity index (χ1v) is 13.1. The molecule has 0 radical (unpaired) electrons. The van der Waals surface area contributed by atoms with E-state index in [0.29, 0.717) is 6.42 Å². The Kier molecular flexibility index (Phi) is 20.7. The van der Waals surface area contributed by atoms with E-state index in [2.05, 4.69) is 19.1 Å². The minimum absolute atomic E-state index is 0.262. The van der Waals surface area contributed by atoms with E-state index >= 15 is 0 Å². The van der Waals surface area contributed by atoms with Gasteiger partial charge in [0.15, 0.2) is 5.78 Å². The molecule has 0 aliphatic carbocycles. The number of Topliss-reactive ketones (excluding diaryl/α,β-unsaturated/α-hetero) is 1. The van der Waals surface area contributed by atoms with E-state index in [1.54, 1.807) is 0 Å². The predicted octanol–water partition coefficient (Wildman–Crippen LogP) is 6.65. The lowest BCUT2D eigenvalue weighted by atomic mass is 9.89. The molecular weight excluding hydrogens is 388 g/mol. The zero-order valence-corrected chi connectivity index (χ0v) is 20.6. The highest BCUT2D eigenvalue weighted by atomic mass is 16.4. The number of hydrogen-bond donors (Lipinski definition) is 3. The highest BCUT2D eigenvalue weighted by molar-refractivity contribution is 5.81. The number of rotatable bonds is 23. The third-order valence-electron chi connectivity index (χ3n) is 6.29. The minimum Gasteiger partial charge on any atom is -0.393 e. The van der Waals surface area contributed by atoms with Crippen LogP contribution in [0.4, 0.5) is 0 Å². The smallest absolute Gasteiger partial charge is 0.161 e. The number of aliphatic hydroxyl groups excluding tert-OH is 2. The van der Waals surface area contributed by atoms with Gasteiger partial charge in [-0.25, -0.2) is 0 Å². The zero-order chi connectivity index (χ0) is 23.2. The molecule has 0 saturated carbocycles. The van der Waals surface area contributed by atoms with Crippen LogP contribution in [0.1, 0.15) is 136 Å². The molecule has 0 saturated heterocycles. The summed E-state index contributed by atoms with van der Waals surface area (Å²) in [6.07, 6.45) is 26.1. The van der Waals surface area contributed by atoms with E-state index in [4.69, 9.17) is 0 Å². The van der Waals surface area contributed by atoms with Crippen molar-refractivity contribution in [2.75, 3.05) is 6.61 Å². The van der Waals surface area contributed by atoms with Crippen molar-refractivity contribution in [1.82, 2.24) is 0 Å². The number of carbonyl (C=O) groups excluding carboxylic acids is 1. The maximum atomic E-state index is 11.2. The van der Waals surface area contributed by atoms with Gasteiger partial charge in [0, 0.05) is 0 Å². The third kappa shape index (κ3) is 17.5. The molecule has 31 heavy (non-hydrogen) atoms. The summed E-state index contributed by atoms with van der Waals surface area (Å²) in [5, 5.41) is 29.2. The van der Waals surface area contributed by atoms with Crippen molar-refractivity contribution < 1.29 is 20.1 Å². The highest BCUT2D eigenvalue weighted by Crippen LogP contribution is 2.21. The number of aliphatic hydroxyl groups is 3. The fourth-order valence-corrected chi connectivity index (χ4v) is 4.07. The number of unbranched alkanes of at least 4 members (excludes halogenated alkanes) is 16. The van der Waals surface area contributed by atoms with Crippen LogP contribution in [-0.4, -0.2) is 39.4 Å². The van der Waals surface area contributed by atoms with Gasteiger partial charge in [0.2, 0.25) is 0 Å². The molecule has 0 rings (SSSR count). The molecule has 0 aromatic carbocycles. The summed E-state index contributed by atoms with van der Waals surface area (Å²) in [6, 6.07) is 0. The van der Waals surface area contributed by atoms with Crippen LogP contribution in [0.2, 0.25) is 0 Å². The van der Waals surface area contributed by atoms with Crippen LogP contribution in [0, 0.1) is 0 Å². The minimum atomic E-state index is -1.69. The van der Waals surface area contributed by atoms with E-state index in [9.17, 15) is 20.1 Å². The van der Waals surface area contributed by atoms with Gasteiger partial charge in [0.05, 0.1) is 6.61 Å². The number of ketones is 1. The largest absolute Gasteiger partial charge is 0.393 e. The summed E-state index contributed by atoms with van der Waals surface area (Å²) in [6.45, 7) is 2.92. The molecule has 0 aliphatic rings. The van der Waals surface area contributed by atoms with E-state index < -0.39 is 24.1 Å². The van der Waals surface area contributed by atoms with Crippen molar-refractivity contribution in [1.29, 1.82) is 0 Å². The van der Waals surface area contributed by atoms with Gasteiger partial charge in [-0.2, -0.15) is 0 Å². The van der Waals surface area contributed by atoms with Crippen LogP contribution in [0.25, 0.3) is 0 Å². The van der Waals surface area contributed by atoms with Crippen molar-refractivity contribution in [2.24, 2.45) is 0 Å². The summed E-state index contributed by atoms with van der Waals surface area (Å²) < 4.78 is 0. The lowest BCUT2D eigenvalue weighted by molar-refractivity contribution is -0.149. The summed E-state index contributed by atoms with van der Waals surface area (Å²) in [5.41, 5.74) is -1.69. The van der Waals surface area contributed by atoms with Crippen molar-refractivity contribution in [3.05, 3.63) is 12.2 Å². The molecule has 0 amide bonds. The number of allylic oxidation sites excluding steroid dienone is 2. The van der Waals surface area contributed by atoms with Crippen LogP contribution in [0.5, 0.6) is 0 Å². The molecule has 2 unspecified atom stereocenters. The Morgan fingerprint density at radius 3 is 1.52 bits per heavy atom. The molecule has 4 nitrogen and oxygen atoms in total. The monoisotopic (exact) mass is 440 g/mol. The average molecular weight is 441 g/mol. The molecule has 0 bridgehead atoms. The molecule has 2 atom stereocenters. The van der Waals surface area contributed by atoms with Gasteiger partial charge < -0.3 is 15.3 Å². The lowest BCUT2D eigenvalue weighted by Crippen LogP contribution is -2.49. The maximum Gasteiger partial charge on any atom is 0.161 e. The van der Waals surface area contributed by atoms with E-state index in [1.807, 2.05) is 0 Å². The molecule has 0 aromatic rings. The average Bonchev–Trinajstić information content (AvgIpc) is 2.76. The molecule has 4 heteroatoms. The van der Waals surface area contributed by atoms with Crippen LogP contribution in [0.3, 0.4) is 0 Å². The van der Waals surface area contributed by atoms with Gasteiger partial charge in [-0.15, -0.1) is 0 Å². The Balaban J connectivity index is 3.38. The highest BCUT2D eigenvalue weighted by Gasteiger charge is 2.37. The summed E-state index contributed by atoms with van der Waals surface area (Å²) >= 11 is 0. The summed E-state index contributed by atoms with van der Waals surface area (Å²) in [7, 11) is 0. The van der Waals surface area contributed by atoms with Crippen molar-refractivity contribution >= 4 is 5.78 Å². The topological polar surface area (TPSA) is 77.8 Å². The summed E-state index contributed by atoms with van der Waals surface area (Å²) in [5.74, 6) is -0.499. The van der Waals surface area contributed by atoms with Gasteiger partial charge in [-0.3, -0.25) is 4.79 Å². The van der Waals surface area contributed by atoms with Crippen LogP contribution in [-0.2, 0) is 4.79 Å². The third-order valence-corrected chi connectivity index (χ3v) is 6.29. The fourth-order valence-electron chi connectivity index (χ4n) is 4.07. The van der Waals surface area contributed by atoms with Gasteiger partial charge in [0.25, 0.3) is 0 Å². The molecule has 3 N–H and O–H groups in total. The van der Waals surface area contributed by atoms with Crippen LogP contribution >= 0.6 is 0 Å². The maximum absolute atomic E-state index is 11.2. The van der Waals surface area contributed by atoms with Gasteiger partial charge in [-0.05, 0) is 39.0 Å². The van der Waals surface area contributed by atoms with Gasteiger partial charge in [-0.1, -0.05) is 109 Å². The molecule has 184 valence electrons. The molecule has 0 heterocycles. The lowest BCUT2D eigenvalue weighted by Gasteiger charge is -2.29. The quantitative estimate of drug-likeness (QED) is 0.123. The number of carbonyl (C=O) groups is 1. The molecule has 0 spiro atoms. The van der Waals surface area contributed by atoms with E-state index in [0.717, 1.165) is 12.8 Å². The van der Waals surface area contributed by atoms with Crippen molar-refractivity contribution in [2.45, 2.75) is 148 Å². The Hall–Kier alpha value is -0.710. The van der Waals surface area contributed by atoms with Crippen molar-refractivity contribution in [3.8, 4) is 0 Å². The Bertz CT molecular complexity index is 435. The van der Waals surface area contributed by atoms with Gasteiger partial charge in [0.1, 0.15) is 11.7 Å². The second kappa shape index (κ2) is 21.2. The first kappa shape index (κ1) is 30.3. The van der Waals surface area contributed by atoms with Crippen LogP contribution in [0.15, 0.2) is 12.2 Å². The van der Waals surface area contributed by atoms with Crippen molar-refractivity contribution in [3.63, 3.8) is 0 Å². The fraction of sp³-hybridized carbons (Fsp3) is 0.889. The first-order valence-electron chi connectivity index (χ1n) is 13.1. The Morgan fingerprint density at radius 1 is 0.742 bits per heavy atom. The molecular formula is C27H52O4. The second-order valence-electron chi connectivity index (χ2n) is 9.38. The predicted molar refractivity (Wildman–Crippen MR) is 131 cm³/mol. The molecule has 0 aliphatic heterocycles. The number of hydrogen-bond acceptors (Lipinski definition) is 4. The first-order chi connectivity index (χ1) is 15.0. The normalized spacial score (nSPS) is 14.7. The van der Waals surface area contributed by atoms with E-state index in [1.165, 1.54) is 103 Å². The Morgan fingerprint density at radius 2 is 1.13 bits per heavy atom. The molecule has 0 fully saturated rings. The molecule has 0 aromatic heterocycles. The standard InChI is InChI=1S/C27H52O4/c1-3-4-5-6-7-8-9-10-11-12-13-14-15-16-17-18-19-20-21-22-23-27(31,24-28)26(30)25(2)29/h10-11,26,28,30-31H,3-9,12-24H2,1-2H3/b11-10+.